The Morgan fingerprint density at radius 3 is 2.42 bits per heavy atom. The van der Waals surface area contributed by atoms with Crippen LogP contribution in [0, 0.1) is 0 Å². The highest BCUT2D eigenvalue weighted by molar-refractivity contribution is 9.10. The number of alkyl halides is 3. The molecule has 1 aromatic carbocycles. The SMILES string of the molecule is FC(F)(F)c1ccnc(N2CCN(Cc3ccccc3Br)CC2)n1. The molecule has 0 N–H and O–H groups in total. The molecule has 0 aliphatic carbocycles. The summed E-state index contributed by atoms with van der Waals surface area (Å²) < 4.78 is 39.3. The van der Waals surface area contributed by atoms with E-state index >= 15 is 0 Å². The molecule has 0 bridgehead atoms. The van der Waals surface area contributed by atoms with Crippen molar-refractivity contribution in [2.45, 2.75) is 12.7 Å². The minimum Gasteiger partial charge on any atom is -0.338 e. The van der Waals surface area contributed by atoms with E-state index in [4.69, 9.17) is 0 Å². The van der Waals surface area contributed by atoms with Gasteiger partial charge in [-0.25, -0.2) is 9.97 Å². The van der Waals surface area contributed by atoms with E-state index in [1.807, 2.05) is 18.2 Å². The summed E-state index contributed by atoms with van der Waals surface area (Å²) in [7, 11) is 0. The third-order valence-electron chi connectivity index (χ3n) is 3.94. The van der Waals surface area contributed by atoms with Gasteiger partial charge in [-0.1, -0.05) is 34.1 Å². The Bertz CT molecular complexity index is 700. The summed E-state index contributed by atoms with van der Waals surface area (Å²) in [5, 5.41) is 0. The summed E-state index contributed by atoms with van der Waals surface area (Å²) in [6.07, 6.45) is -3.28. The third-order valence-corrected chi connectivity index (χ3v) is 4.71. The maximum atomic E-state index is 12.8. The van der Waals surface area contributed by atoms with E-state index in [-0.39, 0.29) is 5.95 Å². The van der Waals surface area contributed by atoms with Crippen molar-refractivity contribution in [3.05, 3.63) is 52.3 Å². The zero-order valence-corrected chi connectivity index (χ0v) is 14.4. The van der Waals surface area contributed by atoms with Crippen molar-refractivity contribution in [3.8, 4) is 0 Å². The predicted molar refractivity (Wildman–Crippen MR) is 88.7 cm³/mol. The van der Waals surface area contributed by atoms with Crippen molar-refractivity contribution >= 4 is 21.9 Å². The molecular formula is C16H16BrF3N4. The molecule has 0 amide bonds. The smallest absolute Gasteiger partial charge is 0.338 e. The van der Waals surface area contributed by atoms with E-state index in [1.165, 1.54) is 11.8 Å². The van der Waals surface area contributed by atoms with Crippen LogP contribution in [0.3, 0.4) is 0 Å². The molecule has 1 aliphatic heterocycles. The molecule has 0 unspecified atom stereocenters. The molecule has 1 aliphatic rings. The highest BCUT2D eigenvalue weighted by Crippen LogP contribution is 2.28. The Kier molecular flexibility index (Phi) is 5.05. The van der Waals surface area contributed by atoms with Crippen LogP contribution in [-0.2, 0) is 12.7 Å². The van der Waals surface area contributed by atoms with E-state index in [0.717, 1.165) is 30.2 Å². The summed E-state index contributed by atoms with van der Waals surface area (Å²) in [4.78, 5) is 11.7. The zero-order valence-electron chi connectivity index (χ0n) is 12.8. The van der Waals surface area contributed by atoms with Gasteiger partial charge in [0.25, 0.3) is 0 Å². The normalized spacial score (nSPS) is 16.4. The number of hydrogen-bond acceptors (Lipinski definition) is 4. The summed E-state index contributed by atoms with van der Waals surface area (Å²) in [5.41, 5.74) is 0.296. The van der Waals surface area contributed by atoms with Gasteiger partial charge < -0.3 is 4.90 Å². The number of halogens is 4. The van der Waals surface area contributed by atoms with E-state index < -0.39 is 11.9 Å². The second kappa shape index (κ2) is 7.06. The number of aromatic nitrogens is 2. The first kappa shape index (κ1) is 17.2. The van der Waals surface area contributed by atoms with Crippen molar-refractivity contribution in [1.82, 2.24) is 14.9 Å². The summed E-state index contributed by atoms with van der Waals surface area (Å²) in [6, 6.07) is 8.92. The fourth-order valence-electron chi connectivity index (χ4n) is 2.63. The second-order valence-electron chi connectivity index (χ2n) is 5.59. The fourth-order valence-corrected chi connectivity index (χ4v) is 3.04. The molecule has 0 radical (unpaired) electrons. The average Bonchev–Trinajstić information content (AvgIpc) is 2.57. The van der Waals surface area contributed by atoms with E-state index in [1.54, 1.807) is 4.90 Å². The average molecular weight is 401 g/mol. The van der Waals surface area contributed by atoms with Gasteiger partial charge in [0.2, 0.25) is 5.95 Å². The molecular weight excluding hydrogens is 385 g/mol. The van der Waals surface area contributed by atoms with Gasteiger partial charge in [0.05, 0.1) is 0 Å². The van der Waals surface area contributed by atoms with E-state index in [2.05, 4.69) is 36.9 Å². The Balaban J connectivity index is 1.62. The first-order chi connectivity index (χ1) is 11.4. The monoisotopic (exact) mass is 400 g/mol. The van der Waals surface area contributed by atoms with E-state index in [9.17, 15) is 13.2 Å². The van der Waals surface area contributed by atoms with Gasteiger partial charge in [-0.2, -0.15) is 13.2 Å². The van der Waals surface area contributed by atoms with Gasteiger partial charge in [0.1, 0.15) is 5.69 Å². The molecule has 4 nitrogen and oxygen atoms in total. The number of hydrogen-bond donors (Lipinski definition) is 0. The van der Waals surface area contributed by atoms with Crippen LogP contribution in [0.2, 0.25) is 0 Å². The molecule has 0 spiro atoms. The largest absolute Gasteiger partial charge is 0.433 e. The topological polar surface area (TPSA) is 32.3 Å². The molecule has 0 atom stereocenters. The van der Waals surface area contributed by atoms with Crippen LogP contribution in [0.1, 0.15) is 11.3 Å². The van der Waals surface area contributed by atoms with Crippen molar-refractivity contribution < 1.29 is 13.2 Å². The Morgan fingerprint density at radius 1 is 1.04 bits per heavy atom. The van der Waals surface area contributed by atoms with Crippen molar-refractivity contribution in [3.63, 3.8) is 0 Å². The second-order valence-corrected chi connectivity index (χ2v) is 6.45. The van der Waals surface area contributed by atoms with Crippen LogP contribution < -0.4 is 4.90 Å². The first-order valence-electron chi connectivity index (χ1n) is 7.54. The van der Waals surface area contributed by atoms with E-state index in [0.29, 0.717) is 13.1 Å². The lowest BCUT2D eigenvalue weighted by atomic mass is 10.2. The van der Waals surface area contributed by atoms with Gasteiger partial charge in [0, 0.05) is 43.4 Å². The van der Waals surface area contributed by atoms with Crippen molar-refractivity contribution in [1.29, 1.82) is 0 Å². The van der Waals surface area contributed by atoms with Crippen LogP contribution in [0.4, 0.5) is 19.1 Å². The third kappa shape index (κ3) is 4.05. The lowest BCUT2D eigenvalue weighted by Gasteiger charge is -2.35. The van der Waals surface area contributed by atoms with Crippen LogP contribution in [0.5, 0.6) is 0 Å². The van der Waals surface area contributed by atoms with Crippen LogP contribution >= 0.6 is 15.9 Å². The van der Waals surface area contributed by atoms with Gasteiger partial charge in [-0.15, -0.1) is 0 Å². The summed E-state index contributed by atoms with van der Waals surface area (Å²) in [6.45, 7) is 3.51. The Hall–Kier alpha value is -1.67. The molecule has 2 heterocycles. The molecule has 8 heteroatoms. The highest BCUT2D eigenvalue weighted by atomic mass is 79.9. The van der Waals surface area contributed by atoms with Crippen molar-refractivity contribution in [2.24, 2.45) is 0 Å². The maximum absolute atomic E-state index is 12.8. The molecule has 1 saturated heterocycles. The van der Waals surface area contributed by atoms with Gasteiger partial charge in [-0.3, -0.25) is 4.90 Å². The number of piperazine rings is 1. The van der Waals surface area contributed by atoms with Crippen LogP contribution in [-0.4, -0.2) is 41.0 Å². The lowest BCUT2D eigenvalue weighted by molar-refractivity contribution is -0.141. The fraction of sp³-hybridized carbons (Fsp3) is 0.375. The van der Waals surface area contributed by atoms with Gasteiger partial charge in [-0.05, 0) is 17.7 Å². The molecule has 128 valence electrons. The predicted octanol–water partition coefficient (Wildman–Crippen LogP) is 3.58. The Morgan fingerprint density at radius 2 is 1.75 bits per heavy atom. The number of anilines is 1. The minimum absolute atomic E-state index is 0.144. The summed E-state index contributed by atoms with van der Waals surface area (Å²) >= 11 is 3.53. The molecule has 24 heavy (non-hydrogen) atoms. The highest BCUT2D eigenvalue weighted by Gasteiger charge is 2.33. The molecule has 1 aromatic heterocycles. The molecule has 1 fully saturated rings. The molecule has 3 rings (SSSR count). The van der Waals surface area contributed by atoms with Gasteiger partial charge in [0.15, 0.2) is 0 Å². The van der Waals surface area contributed by atoms with Crippen LogP contribution in [0.15, 0.2) is 41.0 Å². The molecule has 0 saturated carbocycles. The number of nitrogens with zero attached hydrogens (tertiary/aromatic N) is 4. The Labute approximate surface area is 146 Å². The van der Waals surface area contributed by atoms with Gasteiger partial charge >= 0.3 is 6.18 Å². The molecule has 2 aromatic rings. The van der Waals surface area contributed by atoms with Crippen LogP contribution in [0.25, 0.3) is 0 Å². The quantitative estimate of drug-likeness (QED) is 0.787. The first-order valence-corrected chi connectivity index (χ1v) is 8.34. The van der Waals surface area contributed by atoms with Crippen molar-refractivity contribution in [2.75, 3.05) is 31.1 Å². The number of benzene rings is 1. The number of rotatable bonds is 3. The zero-order chi connectivity index (χ0) is 17.2. The standard InChI is InChI=1S/C16H16BrF3N4/c17-13-4-2-1-3-12(13)11-23-7-9-24(10-8-23)15-21-6-5-14(22-15)16(18,19)20/h1-6H,7-11H2. The maximum Gasteiger partial charge on any atom is 0.433 e. The minimum atomic E-state index is -4.45. The lowest BCUT2D eigenvalue weighted by Crippen LogP contribution is -2.46. The summed E-state index contributed by atoms with van der Waals surface area (Å²) in [5.74, 6) is 0.144.